The van der Waals surface area contributed by atoms with Crippen molar-refractivity contribution in [3.63, 3.8) is 0 Å². The number of imidazole rings is 1. The van der Waals surface area contributed by atoms with Gasteiger partial charge in [-0.2, -0.15) is 0 Å². The minimum absolute atomic E-state index is 0.215. The van der Waals surface area contributed by atoms with E-state index in [0.717, 1.165) is 12.8 Å². The second-order valence-electron chi connectivity index (χ2n) is 4.70. The minimum atomic E-state index is 0.215. The first-order valence-electron chi connectivity index (χ1n) is 6.40. The van der Waals surface area contributed by atoms with E-state index < -0.39 is 0 Å². The van der Waals surface area contributed by atoms with Crippen molar-refractivity contribution in [1.29, 1.82) is 0 Å². The van der Waals surface area contributed by atoms with Gasteiger partial charge in [-0.15, -0.1) is 0 Å². The van der Waals surface area contributed by atoms with Gasteiger partial charge in [0.2, 0.25) is 5.91 Å². The number of hydrogen-bond acceptors (Lipinski definition) is 2. The molecule has 0 aliphatic heterocycles. The molecule has 16 heavy (non-hydrogen) atoms. The molecule has 3 nitrogen and oxygen atoms in total. The Hall–Kier alpha value is -1.12. The quantitative estimate of drug-likeness (QED) is 0.728. The third kappa shape index (κ3) is 2.94. The van der Waals surface area contributed by atoms with Crippen LogP contribution >= 0.6 is 0 Å². The van der Waals surface area contributed by atoms with Crippen LogP contribution in [0.4, 0.5) is 0 Å². The first kappa shape index (κ1) is 11.4. The molecule has 0 unspecified atom stereocenters. The molecule has 88 valence electrons. The smallest absolute Gasteiger partial charge is 0.234 e. The van der Waals surface area contributed by atoms with Gasteiger partial charge in [-0.3, -0.25) is 9.36 Å². The summed E-state index contributed by atoms with van der Waals surface area (Å²) in [6.07, 6.45) is 14.8. The lowest BCUT2D eigenvalue weighted by atomic mass is 9.96. The van der Waals surface area contributed by atoms with Crippen LogP contribution in [-0.2, 0) is 0 Å². The highest BCUT2D eigenvalue weighted by Crippen LogP contribution is 2.23. The van der Waals surface area contributed by atoms with Gasteiger partial charge in [-0.1, -0.05) is 38.5 Å². The summed E-state index contributed by atoms with van der Waals surface area (Å²) in [5.74, 6) is 0.451. The first-order chi connectivity index (χ1) is 7.88. The van der Waals surface area contributed by atoms with Crippen molar-refractivity contribution < 1.29 is 4.79 Å². The van der Waals surface area contributed by atoms with E-state index in [1.165, 1.54) is 38.5 Å². The first-order valence-corrected chi connectivity index (χ1v) is 6.40. The molecule has 1 heterocycles. The maximum atomic E-state index is 12.2. The van der Waals surface area contributed by atoms with Crippen molar-refractivity contribution in [3.8, 4) is 0 Å². The van der Waals surface area contributed by atoms with Crippen molar-refractivity contribution in [3.05, 3.63) is 18.7 Å². The topological polar surface area (TPSA) is 34.9 Å². The normalized spacial score (nSPS) is 19.8. The molecule has 0 aromatic carbocycles. The van der Waals surface area contributed by atoms with E-state index in [1.807, 2.05) is 0 Å². The average molecular weight is 220 g/mol. The lowest BCUT2D eigenvalue weighted by Crippen LogP contribution is -2.20. The van der Waals surface area contributed by atoms with E-state index in [-0.39, 0.29) is 11.8 Å². The van der Waals surface area contributed by atoms with Crippen LogP contribution in [0.25, 0.3) is 0 Å². The highest BCUT2D eigenvalue weighted by Gasteiger charge is 2.19. The zero-order valence-corrected chi connectivity index (χ0v) is 9.77. The van der Waals surface area contributed by atoms with E-state index in [9.17, 15) is 4.79 Å². The van der Waals surface area contributed by atoms with E-state index in [1.54, 1.807) is 23.3 Å². The van der Waals surface area contributed by atoms with Gasteiger partial charge in [0.05, 0.1) is 0 Å². The molecule has 0 amide bonds. The maximum Gasteiger partial charge on any atom is 0.234 e. The fourth-order valence-electron chi connectivity index (χ4n) is 2.48. The lowest BCUT2D eigenvalue weighted by Gasteiger charge is -2.14. The van der Waals surface area contributed by atoms with Crippen LogP contribution in [0.3, 0.4) is 0 Å². The van der Waals surface area contributed by atoms with Crippen molar-refractivity contribution >= 4 is 5.91 Å². The molecule has 0 spiro atoms. The van der Waals surface area contributed by atoms with Crippen molar-refractivity contribution in [2.45, 2.75) is 51.4 Å². The highest BCUT2D eigenvalue weighted by atomic mass is 16.2. The van der Waals surface area contributed by atoms with Gasteiger partial charge in [-0.05, 0) is 12.8 Å². The van der Waals surface area contributed by atoms with Crippen LogP contribution in [0, 0.1) is 5.92 Å². The zero-order valence-electron chi connectivity index (χ0n) is 9.77. The summed E-state index contributed by atoms with van der Waals surface area (Å²) >= 11 is 0. The molecular formula is C13H20N2O. The Labute approximate surface area is 96.9 Å². The summed E-state index contributed by atoms with van der Waals surface area (Å²) in [5.41, 5.74) is 0. The van der Waals surface area contributed by atoms with E-state index in [4.69, 9.17) is 0 Å². The highest BCUT2D eigenvalue weighted by molar-refractivity contribution is 5.81. The Balaban J connectivity index is 1.97. The second-order valence-corrected chi connectivity index (χ2v) is 4.70. The molecule has 0 atom stereocenters. The number of hydrogen-bond donors (Lipinski definition) is 0. The molecule has 0 radical (unpaired) electrons. The SMILES string of the molecule is O=C(C1CCCCCCCC1)n1ccnc1. The van der Waals surface area contributed by atoms with Crippen molar-refractivity contribution in [2.24, 2.45) is 5.92 Å². The van der Waals surface area contributed by atoms with Gasteiger partial charge in [0.25, 0.3) is 0 Å². The Morgan fingerprint density at radius 2 is 1.69 bits per heavy atom. The standard InChI is InChI=1S/C13H20N2O/c16-13(15-10-9-14-11-15)12-7-5-3-1-2-4-6-8-12/h9-12H,1-8H2. The van der Waals surface area contributed by atoms with Crippen molar-refractivity contribution in [2.75, 3.05) is 0 Å². The number of carbonyl (C=O) groups is 1. The summed E-state index contributed by atoms with van der Waals surface area (Å²) in [6.45, 7) is 0. The summed E-state index contributed by atoms with van der Waals surface area (Å²) < 4.78 is 1.64. The summed E-state index contributed by atoms with van der Waals surface area (Å²) in [7, 11) is 0. The molecule has 0 saturated heterocycles. The number of aromatic nitrogens is 2. The van der Waals surface area contributed by atoms with Gasteiger partial charge in [0.1, 0.15) is 6.33 Å². The molecule has 0 bridgehead atoms. The monoisotopic (exact) mass is 220 g/mol. The van der Waals surface area contributed by atoms with Crippen LogP contribution in [0.1, 0.15) is 56.2 Å². The van der Waals surface area contributed by atoms with Crippen LogP contribution in [0.15, 0.2) is 18.7 Å². The van der Waals surface area contributed by atoms with Crippen LogP contribution in [0.5, 0.6) is 0 Å². The summed E-state index contributed by atoms with van der Waals surface area (Å²) in [4.78, 5) is 16.1. The van der Waals surface area contributed by atoms with Crippen molar-refractivity contribution in [1.82, 2.24) is 9.55 Å². The van der Waals surface area contributed by atoms with Gasteiger partial charge >= 0.3 is 0 Å². The lowest BCUT2D eigenvalue weighted by molar-refractivity contribution is 0.0816. The van der Waals surface area contributed by atoms with Gasteiger partial charge in [-0.25, -0.2) is 4.98 Å². The number of rotatable bonds is 1. The minimum Gasteiger partial charge on any atom is -0.276 e. The fraction of sp³-hybridized carbons (Fsp3) is 0.692. The van der Waals surface area contributed by atoms with Gasteiger partial charge < -0.3 is 0 Å². The van der Waals surface area contributed by atoms with E-state index in [0.29, 0.717) is 0 Å². The molecule has 2 rings (SSSR count). The summed E-state index contributed by atoms with van der Waals surface area (Å²) in [5, 5.41) is 0. The molecule has 0 N–H and O–H groups in total. The number of carbonyl (C=O) groups excluding carboxylic acids is 1. The number of nitrogens with zero attached hydrogens (tertiary/aromatic N) is 2. The predicted octanol–water partition coefficient (Wildman–Crippen LogP) is 3.27. The molecule has 3 heteroatoms. The molecular weight excluding hydrogens is 200 g/mol. The van der Waals surface area contributed by atoms with Gasteiger partial charge in [0.15, 0.2) is 0 Å². The van der Waals surface area contributed by atoms with E-state index in [2.05, 4.69) is 4.98 Å². The van der Waals surface area contributed by atoms with E-state index >= 15 is 0 Å². The Bertz CT molecular complexity index is 309. The van der Waals surface area contributed by atoms with Crippen LogP contribution in [0.2, 0.25) is 0 Å². The van der Waals surface area contributed by atoms with Crippen LogP contribution in [-0.4, -0.2) is 15.5 Å². The third-order valence-corrected chi connectivity index (χ3v) is 3.46. The fourth-order valence-corrected chi connectivity index (χ4v) is 2.48. The zero-order chi connectivity index (χ0) is 11.2. The van der Waals surface area contributed by atoms with Crippen LogP contribution < -0.4 is 0 Å². The average Bonchev–Trinajstić information content (AvgIpc) is 2.85. The second kappa shape index (κ2) is 5.83. The molecule has 1 aromatic heterocycles. The Morgan fingerprint density at radius 1 is 1.06 bits per heavy atom. The maximum absolute atomic E-state index is 12.2. The molecule has 1 aliphatic carbocycles. The molecule has 1 saturated carbocycles. The molecule has 1 aliphatic rings. The third-order valence-electron chi connectivity index (χ3n) is 3.46. The predicted molar refractivity (Wildman–Crippen MR) is 63.3 cm³/mol. The Morgan fingerprint density at radius 3 is 2.25 bits per heavy atom. The Kier molecular flexibility index (Phi) is 4.14. The molecule has 1 fully saturated rings. The largest absolute Gasteiger partial charge is 0.276 e. The molecule has 1 aromatic rings. The summed E-state index contributed by atoms with van der Waals surface area (Å²) in [6, 6.07) is 0. The van der Waals surface area contributed by atoms with Gasteiger partial charge in [0, 0.05) is 18.3 Å².